The maximum absolute atomic E-state index is 5.44. The van der Waals surface area contributed by atoms with Crippen LogP contribution in [0.25, 0.3) is 0 Å². The SMILES string of the molecule is CCCC1CN(CCc2ccccc2OC)C(C)CN1. The van der Waals surface area contributed by atoms with Gasteiger partial charge in [-0.25, -0.2) is 0 Å². The lowest BCUT2D eigenvalue weighted by Crippen LogP contribution is -2.55. The van der Waals surface area contributed by atoms with Gasteiger partial charge in [-0.2, -0.15) is 0 Å². The molecule has 2 unspecified atom stereocenters. The Bertz CT molecular complexity index is 408. The number of methoxy groups -OCH3 is 1. The number of benzene rings is 1. The molecule has 1 aromatic rings. The lowest BCUT2D eigenvalue weighted by atomic mass is 10.0. The van der Waals surface area contributed by atoms with Gasteiger partial charge in [-0.05, 0) is 31.4 Å². The van der Waals surface area contributed by atoms with Crippen LogP contribution in [-0.4, -0.2) is 43.7 Å². The Morgan fingerprint density at radius 1 is 1.35 bits per heavy atom. The standard InChI is InChI=1S/C17H28N2O/c1-4-7-16-13-19(14(2)12-18-16)11-10-15-8-5-6-9-17(15)20-3/h5-6,8-9,14,16,18H,4,7,10-13H2,1-3H3. The van der Waals surface area contributed by atoms with Crippen molar-refractivity contribution in [3.8, 4) is 5.75 Å². The van der Waals surface area contributed by atoms with Crippen molar-refractivity contribution in [3.63, 3.8) is 0 Å². The molecule has 1 saturated heterocycles. The molecule has 3 heteroatoms. The Labute approximate surface area is 123 Å². The van der Waals surface area contributed by atoms with Gasteiger partial charge in [-0.1, -0.05) is 31.5 Å². The highest BCUT2D eigenvalue weighted by molar-refractivity contribution is 5.33. The van der Waals surface area contributed by atoms with E-state index in [1.807, 2.05) is 6.07 Å². The molecule has 20 heavy (non-hydrogen) atoms. The maximum Gasteiger partial charge on any atom is 0.122 e. The van der Waals surface area contributed by atoms with E-state index in [2.05, 4.69) is 42.3 Å². The van der Waals surface area contributed by atoms with Crippen molar-refractivity contribution in [1.29, 1.82) is 0 Å². The Kier molecular flexibility index (Phi) is 5.86. The molecule has 1 fully saturated rings. The highest BCUT2D eigenvalue weighted by Crippen LogP contribution is 2.19. The molecule has 1 aliphatic heterocycles. The van der Waals surface area contributed by atoms with Gasteiger partial charge in [0, 0.05) is 31.7 Å². The predicted octanol–water partition coefficient (Wildman–Crippen LogP) is 2.70. The number of piperazine rings is 1. The largest absolute Gasteiger partial charge is 0.496 e. The third-order valence-electron chi connectivity index (χ3n) is 4.28. The van der Waals surface area contributed by atoms with Crippen molar-refractivity contribution in [2.75, 3.05) is 26.7 Å². The Morgan fingerprint density at radius 2 is 2.15 bits per heavy atom. The summed E-state index contributed by atoms with van der Waals surface area (Å²) < 4.78 is 5.44. The molecule has 0 aromatic heterocycles. The number of nitrogens with zero attached hydrogens (tertiary/aromatic N) is 1. The van der Waals surface area contributed by atoms with E-state index in [1.54, 1.807) is 7.11 Å². The number of hydrogen-bond donors (Lipinski definition) is 1. The van der Waals surface area contributed by atoms with E-state index >= 15 is 0 Å². The summed E-state index contributed by atoms with van der Waals surface area (Å²) in [5, 5.41) is 3.65. The van der Waals surface area contributed by atoms with Crippen LogP contribution in [0.2, 0.25) is 0 Å². The molecule has 112 valence electrons. The molecular formula is C17H28N2O. The second-order valence-corrected chi connectivity index (χ2v) is 5.80. The number of rotatable bonds is 6. The van der Waals surface area contributed by atoms with Crippen LogP contribution in [0.15, 0.2) is 24.3 Å². The molecule has 0 amide bonds. The van der Waals surface area contributed by atoms with Crippen molar-refractivity contribution >= 4 is 0 Å². The smallest absolute Gasteiger partial charge is 0.122 e. The highest BCUT2D eigenvalue weighted by Gasteiger charge is 2.24. The van der Waals surface area contributed by atoms with Gasteiger partial charge in [0.25, 0.3) is 0 Å². The van der Waals surface area contributed by atoms with Gasteiger partial charge in [-0.3, -0.25) is 4.90 Å². The van der Waals surface area contributed by atoms with E-state index in [4.69, 9.17) is 4.74 Å². The molecule has 1 N–H and O–H groups in total. The van der Waals surface area contributed by atoms with Crippen LogP contribution >= 0.6 is 0 Å². The molecule has 0 saturated carbocycles. The van der Waals surface area contributed by atoms with Crippen LogP contribution in [0.5, 0.6) is 5.75 Å². The van der Waals surface area contributed by atoms with E-state index < -0.39 is 0 Å². The van der Waals surface area contributed by atoms with Gasteiger partial charge in [0.05, 0.1) is 7.11 Å². The Balaban J connectivity index is 1.91. The predicted molar refractivity (Wildman–Crippen MR) is 84.4 cm³/mol. The van der Waals surface area contributed by atoms with Crippen molar-refractivity contribution in [1.82, 2.24) is 10.2 Å². The molecule has 0 bridgehead atoms. The average molecular weight is 276 g/mol. The fourth-order valence-corrected chi connectivity index (χ4v) is 3.02. The van der Waals surface area contributed by atoms with E-state index in [-0.39, 0.29) is 0 Å². The molecule has 1 aromatic carbocycles. The normalized spacial score (nSPS) is 23.8. The van der Waals surface area contributed by atoms with Crippen molar-refractivity contribution in [2.45, 2.75) is 45.2 Å². The topological polar surface area (TPSA) is 24.5 Å². The summed E-state index contributed by atoms with van der Waals surface area (Å²) in [5.74, 6) is 1.01. The molecule has 0 spiro atoms. The molecule has 1 heterocycles. The zero-order valence-electron chi connectivity index (χ0n) is 13.1. The highest BCUT2D eigenvalue weighted by atomic mass is 16.5. The summed E-state index contributed by atoms with van der Waals surface area (Å²) in [4.78, 5) is 2.61. The van der Waals surface area contributed by atoms with Crippen LogP contribution in [0.4, 0.5) is 0 Å². The summed E-state index contributed by atoms with van der Waals surface area (Å²) in [6.45, 7) is 7.97. The first kappa shape index (κ1) is 15.3. The summed E-state index contributed by atoms with van der Waals surface area (Å²) in [6, 6.07) is 9.64. The van der Waals surface area contributed by atoms with Crippen molar-refractivity contribution in [2.24, 2.45) is 0 Å². The van der Waals surface area contributed by atoms with Crippen LogP contribution in [0.1, 0.15) is 32.3 Å². The minimum atomic E-state index is 0.623. The fourth-order valence-electron chi connectivity index (χ4n) is 3.02. The zero-order chi connectivity index (χ0) is 14.4. The van der Waals surface area contributed by atoms with Crippen LogP contribution < -0.4 is 10.1 Å². The number of nitrogens with one attached hydrogen (secondary N) is 1. The first-order chi connectivity index (χ1) is 9.74. The zero-order valence-corrected chi connectivity index (χ0v) is 13.1. The van der Waals surface area contributed by atoms with Gasteiger partial charge < -0.3 is 10.1 Å². The Morgan fingerprint density at radius 3 is 2.90 bits per heavy atom. The molecule has 3 nitrogen and oxygen atoms in total. The lowest BCUT2D eigenvalue weighted by Gasteiger charge is -2.39. The second-order valence-electron chi connectivity index (χ2n) is 5.80. The van der Waals surface area contributed by atoms with E-state index in [9.17, 15) is 0 Å². The van der Waals surface area contributed by atoms with Gasteiger partial charge in [0.15, 0.2) is 0 Å². The summed E-state index contributed by atoms with van der Waals surface area (Å²) in [7, 11) is 1.75. The van der Waals surface area contributed by atoms with Gasteiger partial charge in [0.1, 0.15) is 5.75 Å². The Hall–Kier alpha value is -1.06. The maximum atomic E-state index is 5.44. The number of para-hydroxylation sites is 1. The number of hydrogen-bond acceptors (Lipinski definition) is 3. The van der Waals surface area contributed by atoms with Gasteiger partial charge in [-0.15, -0.1) is 0 Å². The second kappa shape index (κ2) is 7.65. The molecule has 1 aliphatic rings. The molecular weight excluding hydrogens is 248 g/mol. The first-order valence-corrected chi connectivity index (χ1v) is 7.84. The van der Waals surface area contributed by atoms with Crippen LogP contribution in [0.3, 0.4) is 0 Å². The molecule has 0 aliphatic carbocycles. The third kappa shape index (κ3) is 3.97. The van der Waals surface area contributed by atoms with Crippen LogP contribution in [0, 0.1) is 0 Å². The summed E-state index contributed by atoms with van der Waals surface area (Å²) in [6.07, 6.45) is 3.59. The third-order valence-corrected chi connectivity index (χ3v) is 4.28. The van der Waals surface area contributed by atoms with Crippen molar-refractivity contribution < 1.29 is 4.74 Å². The summed E-state index contributed by atoms with van der Waals surface area (Å²) >= 11 is 0. The average Bonchev–Trinajstić information content (AvgIpc) is 2.48. The monoisotopic (exact) mass is 276 g/mol. The fraction of sp³-hybridized carbons (Fsp3) is 0.647. The van der Waals surface area contributed by atoms with Crippen LogP contribution in [-0.2, 0) is 6.42 Å². The van der Waals surface area contributed by atoms with E-state index in [0.717, 1.165) is 25.3 Å². The quantitative estimate of drug-likeness (QED) is 0.864. The minimum absolute atomic E-state index is 0.623. The van der Waals surface area contributed by atoms with Gasteiger partial charge in [0.2, 0.25) is 0 Å². The molecule has 2 rings (SSSR count). The molecule has 0 radical (unpaired) electrons. The lowest BCUT2D eigenvalue weighted by molar-refractivity contribution is 0.138. The first-order valence-electron chi connectivity index (χ1n) is 7.84. The van der Waals surface area contributed by atoms with E-state index in [0.29, 0.717) is 12.1 Å². The number of ether oxygens (including phenoxy) is 1. The minimum Gasteiger partial charge on any atom is -0.496 e. The van der Waals surface area contributed by atoms with Gasteiger partial charge >= 0.3 is 0 Å². The molecule has 2 atom stereocenters. The van der Waals surface area contributed by atoms with E-state index in [1.165, 1.54) is 24.9 Å². The summed E-state index contributed by atoms with van der Waals surface area (Å²) in [5.41, 5.74) is 1.31. The van der Waals surface area contributed by atoms with Crippen molar-refractivity contribution in [3.05, 3.63) is 29.8 Å².